The van der Waals surface area contributed by atoms with Gasteiger partial charge in [0, 0.05) is 28.7 Å². The number of nitrogens with two attached hydrogens (primary N) is 1. The monoisotopic (exact) mass is 303 g/mol. The molecule has 1 aromatic carbocycles. The van der Waals surface area contributed by atoms with Crippen molar-refractivity contribution in [2.75, 3.05) is 20.8 Å². The van der Waals surface area contributed by atoms with Crippen LogP contribution in [0, 0.1) is 0 Å². The molecule has 2 aliphatic carbocycles. The summed E-state index contributed by atoms with van der Waals surface area (Å²) in [6.45, 7) is 0.700. The Bertz CT molecular complexity index is 533. The molecule has 0 radical (unpaired) electrons. The van der Waals surface area contributed by atoms with Gasteiger partial charge in [0.25, 0.3) is 0 Å². The van der Waals surface area contributed by atoms with Gasteiger partial charge in [-0.05, 0) is 44.6 Å². The number of hydrogen-bond donors (Lipinski definition) is 1. The van der Waals surface area contributed by atoms with Crippen LogP contribution in [0.1, 0.15) is 61.6 Å². The van der Waals surface area contributed by atoms with Crippen molar-refractivity contribution in [3.63, 3.8) is 0 Å². The van der Waals surface area contributed by atoms with Gasteiger partial charge in [-0.15, -0.1) is 0 Å². The minimum absolute atomic E-state index is 0.0728. The molecule has 0 atom stereocenters. The van der Waals surface area contributed by atoms with Crippen LogP contribution in [-0.4, -0.2) is 20.8 Å². The largest absolute Gasteiger partial charge is 0.496 e. The van der Waals surface area contributed by atoms with Gasteiger partial charge < -0.3 is 15.2 Å². The Morgan fingerprint density at radius 3 is 2.23 bits per heavy atom. The molecule has 0 aliphatic heterocycles. The first-order valence-electron chi connectivity index (χ1n) is 8.73. The second-order valence-corrected chi connectivity index (χ2v) is 6.87. The lowest BCUT2D eigenvalue weighted by Gasteiger charge is -2.39. The maximum absolute atomic E-state index is 6.27. The topological polar surface area (TPSA) is 44.5 Å². The van der Waals surface area contributed by atoms with Crippen LogP contribution < -0.4 is 15.2 Å². The molecule has 0 spiro atoms. The highest BCUT2D eigenvalue weighted by Gasteiger charge is 2.37. The number of ether oxygens (including phenoxy) is 2. The predicted octanol–water partition coefficient (Wildman–Crippen LogP) is 3.74. The summed E-state index contributed by atoms with van der Waals surface area (Å²) in [7, 11) is 3.60. The van der Waals surface area contributed by atoms with Crippen LogP contribution in [0.15, 0.2) is 6.07 Å². The van der Waals surface area contributed by atoms with Crippen LogP contribution in [0.4, 0.5) is 0 Å². The van der Waals surface area contributed by atoms with Gasteiger partial charge in [-0.3, -0.25) is 0 Å². The van der Waals surface area contributed by atoms with Crippen molar-refractivity contribution < 1.29 is 9.47 Å². The van der Waals surface area contributed by atoms with E-state index in [4.69, 9.17) is 15.2 Å². The molecule has 122 valence electrons. The molecule has 0 saturated heterocycles. The number of hydrogen-bond acceptors (Lipinski definition) is 3. The van der Waals surface area contributed by atoms with Gasteiger partial charge in [0.05, 0.1) is 14.2 Å². The molecule has 3 nitrogen and oxygen atoms in total. The lowest BCUT2D eigenvalue weighted by Crippen LogP contribution is -2.38. The second kappa shape index (κ2) is 6.49. The molecule has 2 aliphatic rings. The van der Waals surface area contributed by atoms with Crippen molar-refractivity contribution in [2.24, 2.45) is 5.73 Å². The van der Waals surface area contributed by atoms with E-state index in [0.29, 0.717) is 6.54 Å². The molecule has 0 unspecified atom stereocenters. The van der Waals surface area contributed by atoms with Crippen LogP contribution in [0.2, 0.25) is 0 Å². The van der Waals surface area contributed by atoms with E-state index >= 15 is 0 Å². The Hall–Kier alpha value is -1.22. The number of methoxy groups -OCH3 is 2. The maximum Gasteiger partial charge on any atom is 0.126 e. The van der Waals surface area contributed by atoms with Gasteiger partial charge in [-0.2, -0.15) is 0 Å². The van der Waals surface area contributed by atoms with Crippen molar-refractivity contribution in [2.45, 2.75) is 63.2 Å². The molecule has 0 heterocycles. The molecular weight excluding hydrogens is 274 g/mol. The zero-order chi connectivity index (χ0) is 15.6. The van der Waals surface area contributed by atoms with E-state index in [2.05, 4.69) is 6.07 Å². The predicted molar refractivity (Wildman–Crippen MR) is 90.0 cm³/mol. The first-order chi connectivity index (χ1) is 10.8. The molecule has 0 aromatic heterocycles. The standard InChI is InChI=1S/C19H29NO2/c1-21-17-12-16(19(13-20)10-6-3-7-11-19)18(22-2)15-9-5-4-8-14(15)17/h12H,3-11,13,20H2,1-2H3. The summed E-state index contributed by atoms with van der Waals surface area (Å²) < 4.78 is 11.6. The van der Waals surface area contributed by atoms with E-state index in [9.17, 15) is 0 Å². The lowest BCUT2D eigenvalue weighted by molar-refractivity contribution is 0.284. The zero-order valence-corrected chi connectivity index (χ0v) is 14.0. The highest BCUT2D eigenvalue weighted by molar-refractivity contribution is 5.57. The third-order valence-electron chi connectivity index (χ3n) is 5.76. The van der Waals surface area contributed by atoms with Crippen LogP contribution in [0.25, 0.3) is 0 Å². The Balaban J connectivity index is 2.17. The first kappa shape index (κ1) is 15.7. The normalized spacial score (nSPS) is 20.3. The fourth-order valence-electron chi connectivity index (χ4n) is 4.50. The number of fused-ring (bicyclic) bond motifs is 1. The van der Waals surface area contributed by atoms with Gasteiger partial charge in [-0.25, -0.2) is 0 Å². The van der Waals surface area contributed by atoms with Crippen LogP contribution >= 0.6 is 0 Å². The van der Waals surface area contributed by atoms with Gasteiger partial charge in [0.1, 0.15) is 11.5 Å². The SMILES string of the molecule is COc1cc(C2(CN)CCCCC2)c(OC)c2c1CCCC2. The summed E-state index contributed by atoms with van der Waals surface area (Å²) in [5.74, 6) is 2.15. The Labute approximate surface area is 134 Å². The molecule has 1 aromatic rings. The van der Waals surface area contributed by atoms with Crippen molar-refractivity contribution in [1.82, 2.24) is 0 Å². The fourth-order valence-corrected chi connectivity index (χ4v) is 4.50. The van der Waals surface area contributed by atoms with E-state index in [0.717, 1.165) is 24.3 Å². The smallest absolute Gasteiger partial charge is 0.126 e. The minimum Gasteiger partial charge on any atom is -0.496 e. The van der Waals surface area contributed by atoms with Gasteiger partial charge in [0.2, 0.25) is 0 Å². The third kappa shape index (κ3) is 2.50. The molecular formula is C19H29NO2. The van der Waals surface area contributed by atoms with Crippen LogP contribution in [0.3, 0.4) is 0 Å². The molecule has 1 saturated carbocycles. The fraction of sp³-hybridized carbons (Fsp3) is 0.684. The third-order valence-corrected chi connectivity index (χ3v) is 5.76. The summed E-state index contributed by atoms with van der Waals surface area (Å²) in [6.07, 6.45) is 10.9. The average molecular weight is 303 g/mol. The van der Waals surface area contributed by atoms with E-state index in [-0.39, 0.29) is 5.41 Å². The van der Waals surface area contributed by atoms with Crippen LogP contribution in [-0.2, 0) is 18.3 Å². The quantitative estimate of drug-likeness (QED) is 0.921. The Morgan fingerprint density at radius 1 is 0.955 bits per heavy atom. The number of benzene rings is 1. The van der Waals surface area contributed by atoms with Crippen LogP contribution in [0.5, 0.6) is 11.5 Å². The van der Waals surface area contributed by atoms with E-state index in [1.54, 1.807) is 7.11 Å². The van der Waals surface area contributed by atoms with Crippen molar-refractivity contribution in [1.29, 1.82) is 0 Å². The average Bonchev–Trinajstić information content (AvgIpc) is 2.60. The van der Waals surface area contributed by atoms with E-state index in [1.165, 1.54) is 61.6 Å². The van der Waals surface area contributed by atoms with Crippen molar-refractivity contribution >= 4 is 0 Å². The van der Waals surface area contributed by atoms with E-state index in [1.807, 2.05) is 7.11 Å². The highest BCUT2D eigenvalue weighted by Crippen LogP contribution is 2.48. The summed E-state index contributed by atoms with van der Waals surface area (Å²) >= 11 is 0. The van der Waals surface area contributed by atoms with Gasteiger partial charge in [0.15, 0.2) is 0 Å². The molecule has 3 heteroatoms. The molecule has 0 bridgehead atoms. The maximum atomic E-state index is 6.27. The zero-order valence-electron chi connectivity index (χ0n) is 14.0. The van der Waals surface area contributed by atoms with Crippen molar-refractivity contribution in [3.05, 3.63) is 22.8 Å². The molecule has 0 amide bonds. The highest BCUT2D eigenvalue weighted by atomic mass is 16.5. The number of rotatable bonds is 4. The molecule has 2 N–H and O–H groups in total. The molecule has 3 rings (SSSR count). The van der Waals surface area contributed by atoms with E-state index < -0.39 is 0 Å². The van der Waals surface area contributed by atoms with Crippen molar-refractivity contribution in [3.8, 4) is 11.5 Å². The summed E-state index contributed by atoms with van der Waals surface area (Å²) in [5, 5.41) is 0. The molecule has 22 heavy (non-hydrogen) atoms. The summed E-state index contributed by atoms with van der Waals surface area (Å²) in [4.78, 5) is 0. The Kier molecular flexibility index (Phi) is 4.62. The second-order valence-electron chi connectivity index (χ2n) is 6.87. The first-order valence-corrected chi connectivity index (χ1v) is 8.73. The lowest BCUT2D eigenvalue weighted by atomic mass is 9.68. The summed E-state index contributed by atoms with van der Waals surface area (Å²) in [5.41, 5.74) is 10.4. The summed E-state index contributed by atoms with van der Waals surface area (Å²) in [6, 6.07) is 2.24. The van der Waals surface area contributed by atoms with Gasteiger partial charge >= 0.3 is 0 Å². The Morgan fingerprint density at radius 2 is 1.64 bits per heavy atom. The van der Waals surface area contributed by atoms with Gasteiger partial charge in [-0.1, -0.05) is 19.3 Å². The minimum atomic E-state index is 0.0728. The molecule has 1 fully saturated rings.